The lowest BCUT2D eigenvalue weighted by molar-refractivity contribution is -0.132. The number of likely N-dealkylation sites (tertiary alicyclic amines) is 1. The molecule has 0 radical (unpaired) electrons. The van der Waals surface area contributed by atoms with Crippen molar-refractivity contribution in [2.24, 2.45) is 0 Å². The quantitative estimate of drug-likeness (QED) is 0.267. The number of oxazole rings is 1. The van der Waals surface area contributed by atoms with Gasteiger partial charge in [0.1, 0.15) is 34.8 Å². The average molecular weight is 595 g/mol. The van der Waals surface area contributed by atoms with Crippen molar-refractivity contribution >= 4 is 33.7 Å². The van der Waals surface area contributed by atoms with Crippen molar-refractivity contribution in [2.45, 2.75) is 64.8 Å². The number of carbonyl (C=O) groups is 2. The van der Waals surface area contributed by atoms with Gasteiger partial charge in [-0.05, 0) is 45.2 Å². The molecule has 1 unspecified atom stereocenters. The van der Waals surface area contributed by atoms with Crippen LogP contribution in [0.25, 0.3) is 21.0 Å². The van der Waals surface area contributed by atoms with Crippen molar-refractivity contribution in [3.63, 3.8) is 0 Å². The molecule has 0 bridgehead atoms. The van der Waals surface area contributed by atoms with Gasteiger partial charge in [-0.3, -0.25) is 14.2 Å². The van der Waals surface area contributed by atoms with Gasteiger partial charge in [-0.1, -0.05) is 18.2 Å². The predicted octanol–water partition coefficient (Wildman–Crippen LogP) is 3.90. The Morgan fingerprint density at radius 1 is 1.24 bits per heavy atom. The molecule has 222 valence electrons. The number of carbonyl (C=O) groups excluding carboxylic acids is 2. The second kappa shape index (κ2) is 11.7. The van der Waals surface area contributed by atoms with Gasteiger partial charge in [0.2, 0.25) is 11.8 Å². The number of amides is 1. The SMILES string of the molecule is COc1ccccc1C(Cn1c(=O)n(C(C)(C)C=O)c(=O)c2c(C)c(-c3ncco3)sc21)OC1CCN(C(C)=O)CC1. The number of thiophene rings is 1. The fourth-order valence-electron chi connectivity index (χ4n) is 5.46. The van der Waals surface area contributed by atoms with E-state index in [-0.39, 0.29) is 18.6 Å². The van der Waals surface area contributed by atoms with Crippen LogP contribution in [0.4, 0.5) is 0 Å². The number of benzene rings is 1. The number of methoxy groups -OCH3 is 1. The summed E-state index contributed by atoms with van der Waals surface area (Å²) in [5.41, 5.74) is -1.23. The summed E-state index contributed by atoms with van der Waals surface area (Å²) in [6.07, 6.45) is 4.02. The molecule has 1 fully saturated rings. The van der Waals surface area contributed by atoms with Gasteiger partial charge in [0.25, 0.3) is 5.56 Å². The van der Waals surface area contributed by atoms with E-state index in [9.17, 15) is 19.2 Å². The van der Waals surface area contributed by atoms with Gasteiger partial charge < -0.3 is 23.6 Å². The third-order valence-electron chi connectivity index (χ3n) is 7.78. The van der Waals surface area contributed by atoms with Gasteiger partial charge >= 0.3 is 5.69 Å². The summed E-state index contributed by atoms with van der Waals surface area (Å²) >= 11 is 1.23. The van der Waals surface area contributed by atoms with Crippen LogP contribution in [0.2, 0.25) is 0 Å². The first-order chi connectivity index (χ1) is 20.1. The molecule has 12 heteroatoms. The summed E-state index contributed by atoms with van der Waals surface area (Å²) in [5, 5.41) is 0.316. The van der Waals surface area contributed by atoms with E-state index in [1.54, 1.807) is 25.9 Å². The van der Waals surface area contributed by atoms with Crippen molar-refractivity contribution in [1.82, 2.24) is 19.0 Å². The number of hydrogen-bond donors (Lipinski definition) is 0. The Balaban J connectivity index is 1.68. The molecule has 0 aliphatic carbocycles. The molecule has 11 nitrogen and oxygen atoms in total. The van der Waals surface area contributed by atoms with E-state index < -0.39 is 22.9 Å². The number of nitrogens with zero attached hydrogens (tertiary/aromatic N) is 4. The maximum Gasteiger partial charge on any atom is 0.333 e. The standard InChI is InChI=1S/C30H34N4O7S/c1-18-24-27(37)34(30(3,4)17-35)29(38)33(28(24)42-25(18)26-31-12-15-40-26)16-23(21-8-6-7-9-22(21)39-5)41-20-10-13-32(14-11-20)19(2)36/h6-9,12,15,17,20,23H,10-11,13-14,16H2,1-5H3. The van der Waals surface area contributed by atoms with Crippen LogP contribution in [0.1, 0.15) is 50.8 Å². The average Bonchev–Trinajstić information content (AvgIpc) is 3.63. The van der Waals surface area contributed by atoms with Gasteiger partial charge in [-0.15, -0.1) is 11.3 Å². The highest BCUT2D eigenvalue weighted by atomic mass is 32.1. The van der Waals surface area contributed by atoms with Crippen molar-refractivity contribution in [3.8, 4) is 16.5 Å². The Hall–Kier alpha value is -4.03. The fourth-order valence-corrected chi connectivity index (χ4v) is 6.70. The lowest BCUT2D eigenvalue weighted by Gasteiger charge is -2.34. The summed E-state index contributed by atoms with van der Waals surface area (Å²) in [5.74, 6) is 0.957. The smallest absolute Gasteiger partial charge is 0.333 e. The zero-order valence-corrected chi connectivity index (χ0v) is 25.1. The number of ether oxygens (including phenoxy) is 2. The first kappa shape index (κ1) is 29.5. The number of aromatic nitrogens is 3. The highest BCUT2D eigenvalue weighted by Gasteiger charge is 2.32. The van der Waals surface area contributed by atoms with Crippen molar-refractivity contribution < 1.29 is 23.5 Å². The van der Waals surface area contributed by atoms with Gasteiger partial charge in [0, 0.05) is 25.6 Å². The summed E-state index contributed by atoms with van der Waals surface area (Å²) in [6, 6.07) is 7.44. The first-order valence-corrected chi connectivity index (χ1v) is 14.6. The van der Waals surface area contributed by atoms with Crippen LogP contribution in [0.3, 0.4) is 0 Å². The van der Waals surface area contributed by atoms with Crippen molar-refractivity contribution in [2.75, 3.05) is 20.2 Å². The summed E-state index contributed by atoms with van der Waals surface area (Å²) in [6.45, 7) is 7.60. The molecule has 0 spiro atoms. The van der Waals surface area contributed by atoms with Crippen LogP contribution in [-0.4, -0.2) is 57.5 Å². The van der Waals surface area contributed by atoms with E-state index in [4.69, 9.17) is 13.9 Å². The molecule has 4 heterocycles. The Bertz CT molecular complexity index is 1730. The summed E-state index contributed by atoms with van der Waals surface area (Å²) < 4.78 is 20.4. The number of para-hydroxylation sites is 1. The molecule has 1 aromatic carbocycles. The summed E-state index contributed by atoms with van der Waals surface area (Å²) in [7, 11) is 1.57. The topological polar surface area (TPSA) is 126 Å². The van der Waals surface area contributed by atoms with E-state index in [0.717, 1.165) is 10.1 Å². The maximum atomic E-state index is 14.2. The molecule has 1 amide bonds. The second-order valence-corrected chi connectivity index (χ2v) is 12.0. The van der Waals surface area contributed by atoms with E-state index in [2.05, 4.69) is 4.98 Å². The van der Waals surface area contributed by atoms with Crippen LogP contribution < -0.4 is 16.0 Å². The molecule has 1 aliphatic heterocycles. The lowest BCUT2D eigenvalue weighted by atomic mass is 10.0. The molecule has 5 rings (SSSR count). The van der Waals surface area contributed by atoms with Gasteiger partial charge in [0.05, 0.1) is 36.2 Å². The monoisotopic (exact) mass is 594 g/mol. The van der Waals surface area contributed by atoms with E-state index in [1.807, 2.05) is 24.3 Å². The molecule has 42 heavy (non-hydrogen) atoms. The summed E-state index contributed by atoms with van der Waals surface area (Å²) in [4.78, 5) is 59.1. The highest BCUT2D eigenvalue weighted by Crippen LogP contribution is 2.37. The van der Waals surface area contributed by atoms with Crippen LogP contribution >= 0.6 is 11.3 Å². The van der Waals surface area contributed by atoms with E-state index in [1.165, 1.54) is 42.2 Å². The first-order valence-electron chi connectivity index (χ1n) is 13.8. The second-order valence-electron chi connectivity index (χ2n) is 11.0. The van der Waals surface area contributed by atoms with Gasteiger partial charge in [-0.25, -0.2) is 14.3 Å². The van der Waals surface area contributed by atoms with Crippen LogP contribution in [0.15, 0.2) is 50.7 Å². The maximum absolute atomic E-state index is 14.2. The Morgan fingerprint density at radius 2 is 1.95 bits per heavy atom. The van der Waals surface area contributed by atoms with Crippen molar-refractivity contribution in [3.05, 3.63) is 68.7 Å². The molecular formula is C30H34N4O7S. The molecule has 4 aromatic rings. The van der Waals surface area contributed by atoms with Gasteiger partial charge in [-0.2, -0.15) is 0 Å². The normalized spacial score (nSPS) is 15.2. The lowest BCUT2D eigenvalue weighted by Crippen LogP contribution is -2.50. The Kier molecular flexibility index (Phi) is 8.20. The number of aryl methyl sites for hydroxylation is 1. The Labute approximate surface area is 246 Å². The van der Waals surface area contributed by atoms with Crippen molar-refractivity contribution in [1.29, 1.82) is 0 Å². The minimum Gasteiger partial charge on any atom is -0.496 e. The fraction of sp³-hybridized carbons (Fsp3) is 0.433. The zero-order valence-electron chi connectivity index (χ0n) is 24.3. The predicted molar refractivity (Wildman–Crippen MR) is 158 cm³/mol. The van der Waals surface area contributed by atoms with Crippen LogP contribution in [0, 0.1) is 6.92 Å². The molecule has 1 aliphatic rings. The van der Waals surface area contributed by atoms with E-state index >= 15 is 0 Å². The molecule has 0 saturated carbocycles. The minimum atomic E-state index is -1.40. The number of hydrogen-bond acceptors (Lipinski definition) is 9. The number of rotatable bonds is 9. The van der Waals surface area contributed by atoms with E-state index in [0.29, 0.717) is 64.5 Å². The number of aldehydes is 1. The molecule has 1 saturated heterocycles. The molecular weight excluding hydrogens is 560 g/mol. The molecule has 1 atom stereocenters. The number of fused-ring (bicyclic) bond motifs is 1. The highest BCUT2D eigenvalue weighted by molar-refractivity contribution is 7.22. The van der Waals surface area contributed by atoms with Crippen LogP contribution in [0.5, 0.6) is 5.75 Å². The third kappa shape index (κ3) is 5.32. The largest absolute Gasteiger partial charge is 0.496 e. The minimum absolute atomic E-state index is 0.0265. The van der Waals surface area contributed by atoms with Crippen LogP contribution in [-0.2, 0) is 26.4 Å². The van der Waals surface area contributed by atoms with Gasteiger partial charge in [0.15, 0.2) is 0 Å². The molecule has 0 N–H and O–H groups in total. The molecule has 3 aromatic heterocycles. The Morgan fingerprint density at radius 3 is 2.57 bits per heavy atom. The third-order valence-corrected chi connectivity index (χ3v) is 9.08. The zero-order chi connectivity index (χ0) is 30.2. The number of piperidine rings is 1.